The number of nitro groups is 2. The summed E-state index contributed by atoms with van der Waals surface area (Å²) >= 11 is 11.9. The fourth-order valence-electron chi connectivity index (χ4n) is 2.35. The Labute approximate surface area is 178 Å². The minimum absolute atomic E-state index is 0.0500. The Morgan fingerprint density at radius 1 is 0.967 bits per heavy atom. The van der Waals surface area contributed by atoms with Gasteiger partial charge in [0.25, 0.3) is 17.3 Å². The number of hydrogen-bond acceptors (Lipinski definition) is 7. The van der Waals surface area contributed by atoms with Gasteiger partial charge in [-0.1, -0.05) is 23.2 Å². The van der Waals surface area contributed by atoms with E-state index in [1.54, 1.807) is 0 Å². The third-order valence-corrected chi connectivity index (χ3v) is 4.42. The standard InChI is InChI=1S/C18H11Cl2N3O7/c19-13-4-1-11(23(27)28)8-15(13)21-18(24)17-6-3-12(30-17)9-29-16-5-2-10(22(25)26)7-14(16)20/h1-8H,9H2,(H,21,24). The molecule has 1 amide bonds. The summed E-state index contributed by atoms with van der Waals surface area (Å²) in [5.74, 6) is -0.268. The maximum atomic E-state index is 12.3. The average Bonchev–Trinajstić information content (AvgIpc) is 3.17. The average molecular weight is 452 g/mol. The van der Waals surface area contributed by atoms with Gasteiger partial charge in [0, 0.05) is 24.3 Å². The topological polar surface area (TPSA) is 138 Å². The Balaban J connectivity index is 1.66. The van der Waals surface area contributed by atoms with Gasteiger partial charge in [-0.05, 0) is 24.3 Å². The van der Waals surface area contributed by atoms with E-state index in [2.05, 4.69) is 5.32 Å². The van der Waals surface area contributed by atoms with Gasteiger partial charge >= 0.3 is 0 Å². The van der Waals surface area contributed by atoms with Gasteiger partial charge in [0.2, 0.25) is 0 Å². The van der Waals surface area contributed by atoms with Crippen LogP contribution in [0.2, 0.25) is 10.0 Å². The van der Waals surface area contributed by atoms with E-state index < -0.39 is 15.8 Å². The zero-order chi connectivity index (χ0) is 21.8. The minimum Gasteiger partial charge on any atom is -0.484 e. The van der Waals surface area contributed by atoms with Crippen LogP contribution in [-0.2, 0) is 6.61 Å². The lowest BCUT2D eigenvalue weighted by molar-refractivity contribution is -0.385. The molecule has 12 heteroatoms. The van der Waals surface area contributed by atoms with Crippen LogP contribution in [0.25, 0.3) is 0 Å². The molecular weight excluding hydrogens is 441 g/mol. The van der Waals surface area contributed by atoms with Crippen molar-refractivity contribution in [3.8, 4) is 5.75 Å². The van der Waals surface area contributed by atoms with Crippen molar-refractivity contribution < 1.29 is 23.8 Å². The molecule has 1 N–H and O–H groups in total. The molecule has 0 spiro atoms. The van der Waals surface area contributed by atoms with Gasteiger partial charge in [0.1, 0.15) is 18.1 Å². The van der Waals surface area contributed by atoms with Gasteiger partial charge in [0.05, 0.1) is 25.6 Å². The van der Waals surface area contributed by atoms with Gasteiger partial charge in [-0.3, -0.25) is 25.0 Å². The molecule has 2 aromatic carbocycles. The van der Waals surface area contributed by atoms with Gasteiger partial charge in [-0.25, -0.2) is 0 Å². The second kappa shape index (κ2) is 8.80. The van der Waals surface area contributed by atoms with Crippen LogP contribution in [0.15, 0.2) is 52.9 Å². The number of anilines is 1. The molecule has 1 aromatic heterocycles. The molecule has 0 radical (unpaired) electrons. The van der Waals surface area contributed by atoms with Crippen molar-refractivity contribution >= 4 is 46.2 Å². The van der Waals surface area contributed by atoms with E-state index in [-0.39, 0.29) is 51.0 Å². The molecule has 0 saturated carbocycles. The number of halogens is 2. The van der Waals surface area contributed by atoms with Gasteiger partial charge in [0.15, 0.2) is 5.76 Å². The highest BCUT2D eigenvalue weighted by molar-refractivity contribution is 6.34. The third-order valence-electron chi connectivity index (χ3n) is 3.79. The molecule has 0 unspecified atom stereocenters. The maximum absolute atomic E-state index is 12.3. The van der Waals surface area contributed by atoms with E-state index in [0.29, 0.717) is 0 Å². The molecule has 0 atom stereocenters. The van der Waals surface area contributed by atoms with Crippen molar-refractivity contribution in [1.82, 2.24) is 0 Å². The smallest absolute Gasteiger partial charge is 0.291 e. The first-order chi connectivity index (χ1) is 14.2. The highest BCUT2D eigenvalue weighted by Gasteiger charge is 2.17. The van der Waals surface area contributed by atoms with E-state index in [9.17, 15) is 25.0 Å². The summed E-state index contributed by atoms with van der Waals surface area (Å²) in [7, 11) is 0. The molecule has 154 valence electrons. The lowest BCUT2D eigenvalue weighted by atomic mass is 10.2. The number of carbonyl (C=O) groups is 1. The Hall–Kier alpha value is -3.63. The highest BCUT2D eigenvalue weighted by atomic mass is 35.5. The number of rotatable bonds is 7. The van der Waals surface area contributed by atoms with Crippen LogP contribution in [0.5, 0.6) is 5.75 Å². The van der Waals surface area contributed by atoms with Crippen LogP contribution in [0.3, 0.4) is 0 Å². The number of carbonyl (C=O) groups excluding carboxylic acids is 1. The summed E-state index contributed by atoms with van der Waals surface area (Å²) in [6.07, 6.45) is 0. The molecule has 3 aromatic rings. The first-order valence-electron chi connectivity index (χ1n) is 8.15. The van der Waals surface area contributed by atoms with Crippen molar-refractivity contribution in [2.75, 3.05) is 5.32 Å². The fraction of sp³-hybridized carbons (Fsp3) is 0.0556. The van der Waals surface area contributed by atoms with Crippen LogP contribution in [0, 0.1) is 20.2 Å². The Morgan fingerprint density at radius 3 is 2.30 bits per heavy atom. The van der Waals surface area contributed by atoms with Crippen molar-refractivity contribution in [2.45, 2.75) is 6.61 Å². The van der Waals surface area contributed by atoms with Crippen LogP contribution in [-0.4, -0.2) is 15.8 Å². The molecule has 0 saturated heterocycles. The third kappa shape index (κ3) is 4.85. The normalized spacial score (nSPS) is 10.5. The van der Waals surface area contributed by atoms with E-state index in [0.717, 1.165) is 12.1 Å². The summed E-state index contributed by atoms with van der Waals surface area (Å²) in [5, 5.41) is 24.2. The van der Waals surface area contributed by atoms with Crippen LogP contribution in [0.1, 0.15) is 16.3 Å². The molecule has 0 aliphatic rings. The Kier molecular flexibility index (Phi) is 6.19. The number of non-ortho nitro benzene ring substituents is 2. The molecule has 3 rings (SSSR count). The SMILES string of the molecule is O=C(Nc1cc([N+](=O)[O-])ccc1Cl)c1ccc(COc2ccc([N+](=O)[O-])cc2Cl)o1. The van der Waals surface area contributed by atoms with E-state index in [1.807, 2.05) is 0 Å². The molecule has 10 nitrogen and oxygen atoms in total. The van der Waals surface area contributed by atoms with Crippen LogP contribution >= 0.6 is 23.2 Å². The molecule has 0 bridgehead atoms. The molecule has 1 heterocycles. The molecule has 30 heavy (non-hydrogen) atoms. The number of ether oxygens (including phenoxy) is 1. The van der Waals surface area contributed by atoms with Gasteiger partial charge in [-0.15, -0.1) is 0 Å². The molecule has 0 aliphatic carbocycles. The molecule has 0 aliphatic heterocycles. The van der Waals surface area contributed by atoms with Crippen LogP contribution in [0.4, 0.5) is 17.1 Å². The van der Waals surface area contributed by atoms with Crippen molar-refractivity contribution in [3.05, 3.63) is 90.3 Å². The van der Waals surface area contributed by atoms with E-state index in [1.165, 1.54) is 36.4 Å². The highest BCUT2D eigenvalue weighted by Crippen LogP contribution is 2.30. The fourth-order valence-corrected chi connectivity index (χ4v) is 2.75. The number of furan rings is 1. The largest absolute Gasteiger partial charge is 0.484 e. The summed E-state index contributed by atoms with van der Waals surface area (Å²) in [6, 6.07) is 10.3. The minimum atomic E-state index is -0.669. The number of nitro benzene ring substituents is 2. The van der Waals surface area contributed by atoms with Gasteiger partial charge < -0.3 is 14.5 Å². The first kappa shape index (κ1) is 21.1. The number of hydrogen-bond donors (Lipinski definition) is 1. The monoisotopic (exact) mass is 451 g/mol. The predicted molar refractivity (Wildman–Crippen MR) is 107 cm³/mol. The second-order valence-electron chi connectivity index (χ2n) is 5.80. The van der Waals surface area contributed by atoms with Crippen molar-refractivity contribution in [2.24, 2.45) is 0 Å². The predicted octanol–water partition coefficient (Wildman–Crippen LogP) is 5.23. The number of amides is 1. The van der Waals surface area contributed by atoms with E-state index in [4.69, 9.17) is 32.4 Å². The van der Waals surface area contributed by atoms with E-state index >= 15 is 0 Å². The van der Waals surface area contributed by atoms with Crippen LogP contribution < -0.4 is 10.1 Å². The summed E-state index contributed by atoms with van der Waals surface area (Å²) in [6.45, 7) is -0.0949. The summed E-state index contributed by atoms with van der Waals surface area (Å²) in [5.41, 5.74) is -0.352. The summed E-state index contributed by atoms with van der Waals surface area (Å²) in [4.78, 5) is 32.7. The molecular formula is C18H11Cl2N3O7. The first-order valence-corrected chi connectivity index (χ1v) is 8.91. The zero-order valence-electron chi connectivity index (χ0n) is 14.8. The lowest BCUT2D eigenvalue weighted by Gasteiger charge is -2.07. The lowest BCUT2D eigenvalue weighted by Crippen LogP contribution is -2.11. The van der Waals surface area contributed by atoms with Crippen molar-refractivity contribution in [3.63, 3.8) is 0 Å². The summed E-state index contributed by atoms with van der Waals surface area (Å²) < 4.78 is 10.8. The van der Waals surface area contributed by atoms with Crippen molar-refractivity contribution in [1.29, 1.82) is 0 Å². The van der Waals surface area contributed by atoms with Gasteiger partial charge in [-0.2, -0.15) is 0 Å². The number of benzene rings is 2. The molecule has 0 fully saturated rings. The quantitative estimate of drug-likeness (QED) is 0.382. The number of nitrogens with one attached hydrogen (secondary N) is 1. The maximum Gasteiger partial charge on any atom is 0.291 e. The zero-order valence-corrected chi connectivity index (χ0v) is 16.3. The Morgan fingerprint density at radius 2 is 1.63 bits per heavy atom. The second-order valence-corrected chi connectivity index (χ2v) is 6.62. The number of nitrogens with zero attached hydrogens (tertiary/aromatic N) is 2. The Bertz CT molecular complexity index is 1150.